The van der Waals surface area contributed by atoms with Gasteiger partial charge in [0.1, 0.15) is 5.52 Å². The number of benzene rings is 2. The van der Waals surface area contributed by atoms with E-state index in [4.69, 9.17) is 18.9 Å². The number of hydrogen-bond acceptors (Lipinski definition) is 5. The minimum Gasteiger partial charge on any atom is -0.492 e. The highest BCUT2D eigenvalue weighted by atomic mass is 16.5. The van der Waals surface area contributed by atoms with Crippen LogP contribution in [0.4, 0.5) is 0 Å². The zero-order valence-corrected chi connectivity index (χ0v) is 15.0. The molecule has 0 bridgehead atoms. The van der Waals surface area contributed by atoms with Crippen molar-refractivity contribution in [1.82, 2.24) is 4.57 Å². The van der Waals surface area contributed by atoms with Gasteiger partial charge in [0.2, 0.25) is 16.9 Å². The monoisotopic (exact) mass is 343 g/mol. The maximum absolute atomic E-state index is 13.2. The summed E-state index contributed by atoms with van der Waals surface area (Å²) in [7, 11) is 6.43. The first-order valence-corrected chi connectivity index (χ1v) is 7.96. The van der Waals surface area contributed by atoms with E-state index in [9.17, 15) is 4.79 Å². The van der Waals surface area contributed by atoms with E-state index >= 15 is 0 Å². The normalized spacial score (nSPS) is 10.9. The quantitative estimate of drug-likeness (QED) is 0.666. The molecule has 0 amide bonds. The van der Waals surface area contributed by atoms with Crippen LogP contribution in [0, 0.1) is 0 Å². The predicted molar refractivity (Wildman–Crippen MR) is 97.5 cm³/mol. The molecule has 0 radical (unpaired) electrons. The number of pyridine rings is 1. The lowest BCUT2D eigenvalue weighted by molar-refractivity contribution is 0.290. The molecule has 1 aromatic heterocycles. The number of para-hydroxylation sites is 1. The number of methoxy groups -OCH3 is 3. The van der Waals surface area contributed by atoms with E-state index < -0.39 is 0 Å². The first kappa shape index (κ1) is 17.0. The van der Waals surface area contributed by atoms with Crippen LogP contribution in [-0.2, 0) is 7.05 Å². The minimum atomic E-state index is -0.137. The van der Waals surface area contributed by atoms with E-state index in [1.165, 1.54) is 21.3 Å². The molecule has 25 heavy (non-hydrogen) atoms. The number of aryl methyl sites for hydroxylation is 1. The van der Waals surface area contributed by atoms with Crippen LogP contribution in [0.3, 0.4) is 0 Å². The summed E-state index contributed by atoms with van der Waals surface area (Å²) in [5.74, 6) is 1.54. The molecule has 0 N–H and O–H groups in total. The van der Waals surface area contributed by atoms with Crippen molar-refractivity contribution >= 4 is 21.8 Å². The van der Waals surface area contributed by atoms with Crippen molar-refractivity contribution in [3.8, 4) is 23.0 Å². The van der Waals surface area contributed by atoms with E-state index in [0.717, 1.165) is 5.52 Å². The third kappa shape index (κ3) is 2.36. The van der Waals surface area contributed by atoms with Gasteiger partial charge < -0.3 is 23.5 Å². The number of hydrogen-bond donors (Lipinski definition) is 0. The maximum Gasteiger partial charge on any atom is 0.209 e. The van der Waals surface area contributed by atoms with Gasteiger partial charge in [-0.3, -0.25) is 4.79 Å². The first-order valence-electron chi connectivity index (χ1n) is 7.96. The fourth-order valence-corrected chi connectivity index (χ4v) is 3.24. The summed E-state index contributed by atoms with van der Waals surface area (Å²) >= 11 is 0. The third-order valence-electron chi connectivity index (χ3n) is 4.27. The maximum atomic E-state index is 13.2. The highest BCUT2D eigenvalue weighted by molar-refractivity contribution is 6.02. The summed E-state index contributed by atoms with van der Waals surface area (Å²) in [5, 5.41) is 1.01. The summed E-state index contributed by atoms with van der Waals surface area (Å²) in [5.41, 5.74) is 1.28. The van der Waals surface area contributed by atoms with Crippen LogP contribution in [-0.4, -0.2) is 32.5 Å². The molecule has 1 heterocycles. The second-order valence-electron chi connectivity index (χ2n) is 5.49. The molecular weight excluding hydrogens is 322 g/mol. The van der Waals surface area contributed by atoms with Crippen LogP contribution in [0.1, 0.15) is 6.92 Å². The molecule has 3 aromatic rings. The molecular formula is C19H21NO5. The van der Waals surface area contributed by atoms with Crippen molar-refractivity contribution in [2.75, 3.05) is 27.9 Å². The second-order valence-corrected chi connectivity index (χ2v) is 5.49. The Morgan fingerprint density at radius 2 is 1.52 bits per heavy atom. The van der Waals surface area contributed by atoms with Gasteiger partial charge in [0.05, 0.1) is 38.8 Å². The number of rotatable bonds is 5. The summed E-state index contributed by atoms with van der Waals surface area (Å²) in [6.45, 7) is 2.29. The van der Waals surface area contributed by atoms with Gasteiger partial charge in [0.15, 0.2) is 11.5 Å². The molecule has 0 saturated heterocycles. The molecule has 0 fully saturated rings. The van der Waals surface area contributed by atoms with Crippen molar-refractivity contribution in [3.05, 3.63) is 34.5 Å². The fraction of sp³-hybridized carbons (Fsp3) is 0.316. The van der Waals surface area contributed by atoms with Crippen LogP contribution < -0.4 is 24.4 Å². The van der Waals surface area contributed by atoms with E-state index in [1.54, 1.807) is 6.07 Å². The molecule has 6 heteroatoms. The standard InChI is InChI=1S/C19H21NO5/c1-6-25-17-14-13(16(22-3)18(23-4)19(17)24-5)15(21)11-9-7-8-10-12(11)20(14)2/h7-10H,6H2,1-5H3. The summed E-state index contributed by atoms with van der Waals surface area (Å²) in [6.07, 6.45) is 0. The van der Waals surface area contributed by atoms with Crippen molar-refractivity contribution in [2.45, 2.75) is 6.92 Å². The molecule has 0 saturated carbocycles. The molecule has 3 rings (SSSR count). The van der Waals surface area contributed by atoms with Gasteiger partial charge in [0.25, 0.3) is 0 Å². The van der Waals surface area contributed by atoms with Crippen molar-refractivity contribution < 1.29 is 18.9 Å². The van der Waals surface area contributed by atoms with Gasteiger partial charge in [-0.2, -0.15) is 0 Å². The van der Waals surface area contributed by atoms with Crippen molar-refractivity contribution in [2.24, 2.45) is 7.05 Å². The van der Waals surface area contributed by atoms with Crippen LogP contribution in [0.5, 0.6) is 23.0 Å². The van der Waals surface area contributed by atoms with Crippen molar-refractivity contribution in [1.29, 1.82) is 0 Å². The Kier molecular flexibility index (Phi) is 4.44. The van der Waals surface area contributed by atoms with Crippen LogP contribution in [0.2, 0.25) is 0 Å². The van der Waals surface area contributed by atoms with Crippen molar-refractivity contribution in [3.63, 3.8) is 0 Å². The summed E-state index contributed by atoms with van der Waals surface area (Å²) in [6, 6.07) is 7.43. The van der Waals surface area contributed by atoms with Gasteiger partial charge in [0, 0.05) is 12.4 Å². The number of aromatic nitrogens is 1. The lowest BCUT2D eigenvalue weighted by Gasteiger charge is -2.21. The largest absolute Gasteiger partial charge is 0.492 e. The number of nitrogens with zero attached hydrogens (tertiary/aromatic N) is 1. The van der Waals surface area contributed by atoms with Crippen LogP contribution >= 0.6 is 0 Å². The Bertz CT molecular complexity index is 1010. The first-order chi connectivity index (χ1) is 12.1. The second kappa shape index (κ2) is 6.55. The molecule has 132 valence electrons. The predicted octanol–water partition coefficient (Wildman–Crippen LogP) is 3.12. The van der Waals surface area contributed by atoms with Crippen LogP contribution in [0.25, 0.3) is 21.8 Å². The highest BCUT2D eigenvalue weighted by Crippen LogP contribution is 2.50. The van der Waals surface area contributed by atoms with E-state index in [1.807, 2.05) is 36.7 Å². The SMILES string of the molecule is CCOc1c(OC)c(OC)c(OC)c2c(=O)c3ccccc3n(C)c12. The Morgan fingerprint density at radius 1 is 0.920 bits per heavy atom. The summed E-state index contributed by atoms with van der Waals surface area (Å²) < 4.78 is 24.3. The van der Waals surface area contributed by atoms with E-state index in [0.29, 0.717) is 45.9 Å². The smallest absolute Gasteiger partial charge is 0.209 e. The highest BCUT2D eigenvalue weighted by Gasteiger charge is 2.27. The lowest BCUT2D eigenvalue weighted by Crippen LogP contribution is -2.13. The van der Waals surface area contributed by atoms with Gasteiger partial charge in [-0.05, 0) is 19.1 Å². The Morgan fingerprint density at radius 3 is 2.12 bits per heavy atom. The molecule has 0 atom stereocenters. The van der Waals surface area contributed by atoms with E-state index in [2.05, 4.69) is 0 Å². The van der Waals surface area contributed by atoms with E-state index in [-0.39, 0.29) is 5.43 Å². The minimum absolute atomic E-state index is 0.137. The summed E-state index contributed by atoms with van der Waals surface area (Å²) in [4.78, 5) is 13.2. The van der Waals surface area contributed by atoms with Gasteiger partial charge in [-0.1, -0.05) is 12.1 Å². The average molecular weight is 343 g/mol. The molecule has 6 nitrogen and oxygen atoms in total. The topological polar surface area (TPSA) is 58.9 Å². The van der Waals surface area contributed by atoms with Gasteiger partial charge in [-0.25, -0.2) is 0 Å². The molecule has 0 unspecified atom stereocenters. The Labute approximate surface area is 145 Å². The van der Waals surface area contributed by atoms with Gasteiger partial charge >= 0.3 is 0 Å². The Hall–Kier alpha value is -2.89. The molecule has 2 aromatic carbocycles. The fourth-order valence-electron chi connectivity index (χ4n) is 3.24. The number of ether oxygens (including phenoxy) is 4. The zero-order chi connectivity index (χ0) is 18.1. The average Bonchev–Trinajstić information content (AvgIpc) is 2.64. The Balaban J connectivity index is 2.70. The molecule has 0 aliphatic rings. The molecule has 0 aliphatic carbocycles. The lowest BCUT2D eigenvalue weighted by atomic mass is 10.1. The third-order valence-corrected chi connectivity index (χ3v) is 4.27. The molecule has 0 spiro atoms. The van der Waals surface area contributed by atoms with Crippen LogP contribution in [0.15, 0.2) is 29.1 Å². The molecule has 0 aliphatic heterocycles. The zero-order valence-electron chi connectivity index (χ0n) is 15.0. The van der Waals surface area contributed by atoms with Gasteiger partial charge in [-0.15, -0.1) is 0 Å². The number of fused-ring (bicyclic) bond motifs is 2.